The molecule has 0 aromatic carbocycles. The summed E-state index contributed by atoms with van der Waals surface area (Å²) in [6, 6.07) is 0. The average molecular weight is 194 g/mol. The van der Waals surface area contributed by atoms with Gasteiger partial charge in [0.25, 0.3) is 0 Å². The second kappa shape index (κ2) is 5.39. The second-order valence-electron chi connectivity index (χ2n) is 2.21. The third kappa shape index (κ3) is 2.33. The number of nitrogens with zero attached hydrogens (tertiary/aromatic N) is 2. The van der Waals surface area contributed by atoms with Crippen LogP contribution in [0.5, 0.6) is 0 Å². The molecule has 2 heterocycles. The smallest absolute Gasteiger partial charge is 1.00 e. The maximum absolute atomic E-state index is 8.71. The molecule has 0 atom stereocenters. The Kier molecular flexibility index (Phi) is 5.69. The van der Waals surface area contributed by atoms with Crippen molar-refractivity contribution in [2.24, 2.45) is 0 Å². The van der Waals surface area contributed by atoms with E-state index in [0.717, 1.165) is 23.1 Å². The molecule has 0 radical (unpaired) electrons. The van der Waals surface area contributed by atoms with Crippen LogP contribution in [0.3, 0.4) is 0 Å². The van der Waals surface area contributed by atoms with Crippen molar-refractivity contribution in [3.05, 3.63) is 11.9 Å². The third-order valence-corrected chi connectivity index (χ3v) is 2.49. The maximum Gasteiger partial charge on any atom is 3.00 e. The summed E-state index contributed by atoms with van der Waals surface area (Å²) in [5, 5.41) is 9.76. The van der Waals surface area contributed by atoms with Gasteiger partial charge in [0.15, 0.2) is 5.16 Å². The van der Waals surface area contributed by atoms with Crippen LogP contribution in [-0.4, -0.2) is 37.8 Å². The van der Waals surface area contributed by atoms with E-state index in [9.17, 15) is 0 Å². The summed E-state index contributed by atoms with van der Waals surface area (Å²) in [5.74, 6) is 1.12. The van der Waals surface area contributed by atoms with Crippen molar-refractivity contribution < 1.29 is 29.7 Å². The van der Waals surface area contributed by atoms with Crippen molar-refractivity contribution in [1.82, 2.24) is 9.55 Å². The van der Waals surface area contributed by atoms with Crippen molar-refractivity contribution in [3.63, 3.8) is 0 Å². The molecular formula is C6H12AlLiN2OS. The predicted molar refractivity (Wildman–Crippen MR) is 49.1 cm³/mol. The van der Waals surface area contributed by atoms with Crippen molar-refractivity contribution in [2.45, 2.75) is 18.3 Å². The number of rotatable bonds is 1. The molecule has 6 heteroatoms. The molecule has 0 amide bonds. The van der Waals surface area contributed by atoms with Gasteiger partial charge in [-0.25, -0.2) is 4.98 Å². The van der Waals surface area contributed by atoms with Gasteiger partial charge in [0.2, 0.25) is 0 Å². The van der Waals surface area contributed by atoms with Crippen LogP contribution < -0.4 is 18.9 Å². The number of aliphatic hydroxyl groups is 1. The topological polar surface area (TPSA) is 38.0 Å². The van der Waals surface area contributed by atoms with Gasteiger partial charge in [-0.05, 0) is 0 Å². The number of aryl methyl sites for hydroxylation is 1. The zero-order valence-electron chi connectivity index (χ0n) is 11.0. The first-order valence-corrected chi connectivity index (χ1v) is 4.18. The number of fused-ring (bicyclic) bond motifs is 1. The van der Waals surface area contributed by atoms with Crippen LogP contribution in [0.4, 0.5) is 0 Å². The summed E-state index contributed by atoms with van der Waals surface area (Å²) in [7, 11) is 0. The van der Waals surface area contributed by atoms with Gasteiger partial charge in [0.05, 0.1) is 12.3 Å². The van der Waals surface area contributed by atoms with Gasteiger partial charge in [-0.3, -0.25) is 0 Å². The van der Waals surface area contributed by atoms with Crippen LogP contribution in [0.15, 0.2) is 11.4 Å². The summed E-state index contributed by atoms with van der Waals surface area (Å²) in [4.78, 5) is 4.19. The Morgan fingerprint density at radius 1 is 1.75 bits per heavy atom. The first-order chi connectivity index (χ1) is 4.90. The Bertz CT molecular complexity index is 247. The maximum atomic E-state index is 8.71. The van der Waals surface area contributed by atoms with E-state index in [4.69, 9.17) is 5.11 Å². The largest absolute Gasteiger partial charge is 3.00 e. The van der Waals surface area contributed by atoms with E-state index in [-0.39, 0.29) is 48.5 Å². The Balaban J connectivity index is -0.0000000672. The van der Waals surface area contributed by atoms with E-state index in [1.165, 1.54) is 0 Å². The fourth-order valence-corrected chi connectivity index (χ4v) is 2.00. The van der Waals surface area contributed by atoms with Gasteiger partial charge in [-0.1, -0.05) is 11.8 Å². The summed E-state index contributed by atoms with van der Waals surface area (Å²) >= 11 is 1.74. The molecule has 1 aliphatic rings. The molecule has 0 saturated carbocycles. The van der Waals surface area contributed by atoms with E-state index < -0.39 is 0 Å². The van der Waals surface area contributed by atoms with Gasteiger partial charge >= 0.3 is 36.2 Å². The minimum Gasteiger partial charge on any atom is -1.00 e. The van der Waals surface area contributed by atoms with E-state index in [1.54, 1.807) is 11.8 Å². The molecule has 0 fully saturated rings. The van der Waals surface area contributed by atoms with Crippen LogP contribution in [0.2, 0.25) is 0 Å². The van der Waals surface area contributed by atoms with Gasteiger partial charge in [-0.2, -0.15) is 0 Å². The molecule has 0 aliphatic carbocycles. The zero-order valence-corrected chi connectivity index (χ0v) is 9.00. The fraction of sp³-hybridized carbons (Fsp3) is 0.500. The van der Waals surface area contributed by atoms with Crippen molar-refractivity contribution in [3.8, 4) is 0 Å². The first kappa shape index (κ1) is 12.6. The Morgan fingerprint density at radius 3 is 3.08 bits per heavy atom. The monoisotopic (exact) mass is 194 g/mol. The Morgan fingerprint density at radius 2 is 2.50 bits per heavy atom. The van der Waals surface area contributed by atoms with Crippen molar-refractivity contribution in [1.29, 1.82) is 0 Å². The first-order valence-electron chi connectivity index (χ1n) is 3.20. The number of imidazole rings is 1. The SMILES string of the molecule is OCc1cn2c(n1)SCC2.[Al+3].[H-].[H-].[H-].[H-].[Li+]. The number of hydrogen-bond acceptors (Lipinski definition) is 3. The Hall–Kier alpha value is 0.650. The van der Waals surface area contributed by atoms with Crippen LogP contribution in [0.1, 0.15) is 11.4 Å². The summed E-state index contributed by atoms with van der Waals surface area (Å²) in [6.07, 6.45) is 1.91. The third-order valence-electron chi connectivity index (χ3n) is 1.52. The molecule has 0 saturated heterocycles. The molecule has 0 unspecified atom stereocenters. The molecule has 1 aliphatic heterocycles. The minimum absolute atomic E-state index is 0. The van der Waals surface area contributed by atoms with E-state index in [0.29, 0.717) is 0 Å². The number of aromatic nitrogens is 2. The van der Waals surface area contributed by atoms with E-state index >= 15 is 0 Å². The molecule has 2 rings (SSSR count). The van der Waals surface area contributed by atoms with Crippen LogP contribution in [0, 0.1) is 0 Å². The van der Waals surface area contributed by atoms with Gasteiger partial charge in [0, 0.05) is 18.5 Å². The molecule has 0 spiro atoms. The number of aliphatic hydroxyl groups excluding tert-OH is 1. The average Bonchev–Trinajstić information content (AvgIpc) is 2.42. The van der Waals surface area contributed by atoms with Gasteiger partial charge < -0.3 is 15.4 Å². The molecule has 1 N–H and O–H groups in total. The normalized spacial score (nSPS) is 13.1. The molecule has 12 heavy (non-hydrogen) atoms. The molecule has 1 aromatic heterocycles. The van der Waals surface area contributed by atoms with Gasteiger partial charge in [-0.15, -0.1) is 0 Å². The van der Waals surface area contributed by atoms with E-state index in [1.807, 2.05) is 6.20 Å². The minimum atomic E-state index is 0. The van der Waals surface area contributed by atoms with E-state index in [2.05, 4.69) is 9.55 Å². The van der Waals surface area contributed by atoms with Gasteiger partial charge in [0.1, 0.15) is 0 Å². The molecule has 62 valence electrons. The van der Waals surface area contributed by atoms with Crippen LogP contribution >= 0.6 is 11.8 Å². The molecule has 1 aromatic rings. The zero-order chi connectivity index (χ0) is 6.97. The van der Waals surface area contributed by atoms with Crippen LogP contribution in [-0.2, 0) is 13.2 Å². The second-order valence-corrected chi connectivity index (χ2v) is 3.28. The van der Waals surface area contributed by atoms with Crippen molar-refractivity contribution >= 4 is 29.1 Å². The Labute approximate surface area is 104 Å². The molecule has 0 bridgehead atoms. The van der Waals surface area contributed by atoms with Crippen LogP contribution in [0.25, 0.3) is 0 Å². The molecular weight excluding hydrogens is 182 g/mol. The standard InChI is InChI=1S/C6H8N2OS.Al.Li.4H/c9-4-5-3-8-1-2-10-6(8)7-5;;;;;;/h3,9H,1-2,4H2;;;;;;/q;+3;+1;4*-1. The number of hydrogen-bond donors (Lipinski definition) is 1. The summed E-state index contributed by atoms with van der Waals surface area (Å²) in [6.45, 7) is 1.09. The number of thioether (sulfide) groups is 1. The summed E-state index contributed by atoms with van der Waals surface area (Å²) < 4.78 is 2.08. The summed E-state index contributed by atoms with van der Waals surface area (Å²) in [5.41, 5.74) is 0.780. The quantitative estimate of drug-likeness (QED) is 0.504. The predicted octanol–water partition coefficient (Wildman–Crippen LogP) is -2.45. The molecule has 3 nitrogen and oxygen atoms in total. The van der Waals surface area contributed by atoms with Crippen molar-refractivity contribution in [2.75, 3.05) is 5.75 Å². The fourth-order valence-electron chi connectivity index (χ4n) is 1.04.